The normalized spacial score (nSPS) is 12.2. The summed E-state index contributed by atoms with van der Waals surface area (Å²) in [5.74, 6) is 0.953. The summed E-state index contributed by atoms with van der Waals surface area (Å²) in [5.41, 5.74) is 2.25. The Balaban J connectivity index is 2.37. The number of carbonyl (C=O) groups is 1. The van der Waals surface area contributed by atoms with Crippen LogP contribution < -0.4 is 5.32 Å². The molecule has 1 N–H and O–H groups in total. The van der Waals surface area contributed by atoms with Gasteiger partial charge in [0.1, 0.15) is 0 Å². The number of benzene rings is 1. The molecule has 0 aliphatic rings. The number of alkyl halides is 1. The highest BCUT2D eigenvalue weighted by Gasteiger charge is 2.05. The molecule has 0 fully saturated rings. The molecule has 0 saturated heterocycles. The second-order valence-corrected chi connectivity index (χ2v) is 4.53. The van der Waals surface area contributed by atoms with Crippen molar-refractivity contribution in [3.8, 4) is 0 Å². The smallest absolute Gasteiger partial charge is 0.224 e. The van der Waals surface area contributed by atoms with E-state index in [0.717, 1.165) is 5.56 Å². The number of rotatable bonds is 5. The maximum absolute atomic E-state index is 11.6. The maximum Gasteiger partial charge on any atom is 0.224 e. The van der Waals surface area contributed by atoms with E-state index in [1.807, 2.05) is 38.1 Å². The fraction of sp³-hybridized carbons (Fsp3) is 0.462. The van der Waals surface area contributed by atoms with E-state index < -0.39 is 0 Å². The van der Waals surface area contributed by atoms with E-state index in [2.05, 4.69) is 5.32 Å². The first kappa shape index (κ1) is 13.0. The van der Waals surface area contributed by atoms with Crippen LogP contribution in [0, 0.1) is 12.8 Å². The second-order valence-electron chi connectivity index (χ2n) is 4.23. The Morgan fingerprint density at radius 3 is 2.56 bits per heavy atom. The van der Waals surface area contributed by atoms with Crippen LogP contribution in [0.5, 0.6) is 0 Å². The lowest BCUT2D eigenvalue weighted by atomic mass is 10.1. The van der Waals surface area contributed by atoms with Gasteiger partial charge in [-0.3, -0.25) is 4.79 Å². The van der Waals surface area contributed by atoms with E-state index in [1.54, 1.807) is 0 Å². The predicted molar refractivity (Wildman–Crippen MR) is 67.8 cm³/mol. The third kappa shape index (κ3) is 4.67. The number of amides is 1. The molecule has 88 valence electrons. The summed E-state index contributed by atoms with van der Waals surface area (Å²) in [4.78, 5) is 11.6. The molecule has 0 heterocycles. The average molecular weight is 240 g/mol. The summed E-state index contributed by atoms with van der Waals surface area (Å²) in [5, 5.41) is 2.87. The lowest BCUT2D eigenvalue weighted by Crippen LogP contribution is -2.30. The lowest BCUT2D eigenvalue weighted by Gasteiger charge is -2.09. The summed E-state index contributed by atoms with van der Waals surface area (Å²) in [7, 11) is 0. The fourth-order valence-electron chi connectivity index (χ4n) is 1.30. The van der Waals surface area contributed by atoms with Gasteiger partial charge >= 0.3 is 0 Å². The zero-order valence-corrected chi connectivity index (χ0v) is 10.6. The average Bonchev–Trinajstić information content (AvgIpc) is 2.29. The number of hydrogen-bond acceptors (Lipinski definition) is 1. The highest BCUT2D eigenvalue weighted by molar-refractivity contribution is 6.18. The van der Waals surface area contributed by atoms with Gasteiger partial charge in [0, 0.05) is 12.4 Å². The van der Waals surface area contributed by atoms with Crippen molar-refractivity contribution >= 4 is 17.5 Å². The molecule has 1 atom stereocenters. The molecule has 2 nitrogen and oxygen atoms in total. The quantitative estimate of drug-likeness (QED) is 0.787. The molecule has 0 spiro atoms. The monoisotopic (exact) mass is 239 g/mol. The minimum Gasteiger partial charge on any atom is -0.356 e. The Hall–Kier alpha value is -1.02. The molecule has 1 unspecified atom stereocenters. The van der Waals surface area contributed by atoms with Gasteiger partial charge in [-0.05, 0) is 18.4 Å². The molecule has 1 aromatic rings. The van der Waals surface area contributed by atoms with Crippen molar-refractivity contribution in [2.75, 3.05) is 12.4 Å². The predicted octanol–water partition coefficient (Wildman–Crippen LogP) is 2.53. The van der Waals surface area contributed by atoms with Crippen molar-refractivity contribution < 1.29 is 4.79 Å². The van der Waals surface area contributed by atoms with E-state index in [1.165, 1.54) is 5.56 Å². The summed E-state index contributed by atoms with van der Waals surface area (Å²) >= 11 is 5.66. The van der Waals surface area contributed by atoms with E-state index >= 15 is 0 Å². The van der Waals surface area contributed by atoms with E-state index in [0.29, 0.717) is 24.8 Å². The third-order valence-corrected chi connectivity index (χ3v) is 2.92. The SMILES string of the molecule is Cc1ccc(CC(=O)NCC(C)CCl)cc1. The zero-order valence-electron chi connectivity index (χ0n) is 9.79. The molecule has 3 heteroatoms. The molecular formula is C13H18ClNO. The van der Waals surface area contributed by atoms with Gasteiger partial charge in [0.05, 0.1) is 6.42 Å². The first-order valence-electron chi connectivity index (χ1n) is 5.50. The standard InChI is InChI=1S/C13H18ClNO/c1-10-3-5-12(6-4-10)7-13(16)15-9-11(2)8-14/h3-6,11H,7-9H2,1-2H3,(H,15,16). The second kappa shape index (κ2) is 6.54. The van der Waals surface area contributed by atoms with Crippen molar-refractivity contribution in [1.29, 1.82) is 0 Å². The van der Waals surface area contributed by atoms with Gasteiger partial charge in [0.15, 0.2) is 0 Å². The molecule has 0 aromatic heterocycles. The van der Waals surface area contributed by atoms with Gasteiger partial charge in [0.2, 0.25) is 5.91 Å². The molecule has 1 aromatic carbocycles. The highest BCUT2D eigenvalue weighted by Crippen LogP contribution is 2.04. The molecule has 0 bridgehead atoms. The molecule has 0 saturated carbocycles. The molecule has 16 heavy (non-hydrogen) atoms. The minimum atomic E-state index is 0.0563. The molecule has 0 radical (unpaired) electrons. The molecule has 0 aliphatic carbocycles. The van der Waals surface area contributed by atoms with Crippen LogP contribution >= 0.6 is 11.6 Å². The zero-order chi connectivity index (χ0) is 12.0. The Morgan fingerprint density at radius 1 is 1.38 bits per heavy atom. The fourth-order valence-corrected chi connectivity index (χ4v) is 1.41. The highest BCUT2D eigenvalue weighted by atomic mass is 35.5. The lowest BCUT2D eigenvalue weighted by molar-refractivity contribution is -0.120. The van der Waals surface area contributed by atoms with Crippen molar-refractivity contribution in [2.24, 2.45) is 5.92 Å². The van der Waals surface area contributed by atoms with Gasteiger partial charge in [-0.1, -0.05) is 36.8 Å². The summed E-state index contributed by atoms with van der Waals surface area (Å²) in [6, 6.07) is 8.01. The Morgan fingerprint density at radius 2 is 2.00 bits per heavy atom. The third-order valence-electron chi connectivity index (χ3n) is 2.40. The van der Waals surface area contributed by atoms with Gasteiger partial charge < -0.3 is 5.32 Å². The number of carbonyl (C=O) groups excluding carboxylic acids is 1. The Labute approximate surface area is 102 Å². The largest absolute Gasteiger partial charge is 0.356 e. The topological polar surface area (TPSA) is 29.1 Å². The van der Waals surface area contributed by atoms with Crippen molar-refractivity contribution in [1.82, 2.24) is 5.32 Å². The van der Waals surface area contributed by atoms with Crippen LogP contribution in [0.2, 0.25) is 0 Å². The van der Waals surface area contributed by atoms with Crippen LogP contribution in [0.4, 0.5) is 0 Å². The summed E-state index contributed by atoms with van der Waals surface area (Å²) in [6.45, 7) is 4.69. The molecule has 1 rings (SSSR count). The summed E-state index contributed by atoms with van der Waals surface area (Å²) in [6.07, 6.45) is 0.440. The van der Waals surface area contributed by atoms with Gasteiger partial charge in [-0.2, -0.15) is 0 Å². The number of halogens is 1. The van der Waals surface area contributed by atoms with Gasteiger partial charge in [-0.15, -0.1) is 11.6 Å². The van der Waals surface area contributed by atoms with Gasteiger partial charge in [-0.25, -0.2) is 0 Å². The summed E-state index contributed by atoms with van der Waals surface area (Å²) < 4.78 is 0. The first-order valence-corrected chi connectivity index (χ1v) is 6.03. The van der Waals surface area contributed by atoms with Crippen LogP contribution in [-0.4, -0.2) is 18.3 Å². The van der Waals surface area contributed by atoms with Crippen molar-refractivity contribution in [3.05, 3.63) is 35.4 Å². The van der Waals surface area contributed by atoms with Crippen LogP contribution in [0.15, 0.2) is 24.3 Å². The van der Waals surface area contributed by atoms with Crippen LogP contribution in [0.25, 0.3) is 0 Å². The first-order chi connectivity index (χ1) is 7.61. The number of nitrogens with one attached hydrogen (secondary N) is 1. The van der Waals surface area contributed by atoms with Crippen LogP contribution in [0.3, 0.4) is 0 Å². The maximum atomic E-state index is 11.6. The van der Waals surface area contributed by atoms with Crippen molar-refractivity contribution in [3.63, 3.8) is 0 Å². The van der Waals surface area contributed by atoms with Crippen LogP contribution in [0.1, 0.15) is 18.1 Å². The Bertz CT molecular complexity index is 334. The van der Waals surface area contributed by atoms with Crippen LogP contribution in [-0.2, 0) is 11.2 Å². The van der Waals surface area contributed by atoms with Crippen molar-refractivity contribution in [2.45, 2.75) is 20.3 Å². The molecular weight excluding hydrogens is 222 g/mol. The Kier molecular flexibility index (Phi) is 5.33. The van der Waals surface area contributed by atoms with E-state index in [9.17, 15) is 4.79 Å². The van der Waals surface area contributed by atoms with Gasteiger partial charge in [0.25, 0.3) is 0 Å². The molecule has 1 amide bonds. The minimum absolute atomic E-state index is 0.0563. The van der Waals surface area contributed by atoms with E-state index in [-0.39, 0.29) is 5.91 Å². The number of hydrogen-bond donors (Lipinski definition) is 1. The number of aryl methyl sites for hydroxylation is 1. The molecule has 0 aliphatic heterocycles. The van der Waals surface area contributed by atoms with E-state index in [4.69, 9.17) is 11.6 Å².